The van der Waals surface area contributed by atoms with Gasteiger partial charge in [-0.25, -0.2) is 13.4 Å². The fourth-order valence-corrected chi connectivity index (χ4v) is 4.97. The molecule has 5 nitrogen and oxygen atoms in total. The minimum atomic E-state index is -3.53. The number of aromatic nitrogens is 1. The number of rotatable bonds is 2. The van der Waals surface area contributed by atoms with Gasteiger partial charge in [-0.1, -0.05) is 12.1 Å². The Kier molecular flexibility index (Phi) is 3.39. The predicted octanol–water partition coefficient (Wildman–Crippen LogP) is 2.46. The standard InChI is InChI=1S/C13H15N3O2S2/c1-10-15-9-13(19-10)20(17,18)16-8-4-7-14-11-5-2-3-6-12(11)16/h2-3,5-6,9,14H,4,7-8H2,1H3. The normalized spacial score (nSPS) is 15.3. The Morgan fingerprint density at radius 1 is 1.35 bits per heavy atom. The maximum Gasteiger partial charge on any atom is 0.275 e. The molecular weight excluding hydrogens is 294 g/mol. The Morgan fingerprint density at radius 3 is 2.90 bits per heavy atom. The van der Waals surface area contributed by atoms with E-state index in [0.29, 0.717) is 16.4 Å². The first-order valence-electron chi connectivity index (χ1n) is 6.37. The van der Waals surface area contributed by atoms with Crippen LogP contribution in [-0.2, 0) is 10.0 Å². The molecule has 0 saturated carbocycles. The molecule has 0 radical (unpaired) electrons. The van der Waals surface area contributed by atoms with Crippen molar-refractivity contribution >= 4 is 32.7 Å². The van der Waals surface area contributed by atoms with Crippen molar-refractivity contribution in [2.75, 3.05) is 22.7 Å². The quantitative estimate of drug-likeness (QED) is 0.925. The molecule has 0 aliphatic carbocycles. The molecule has 3 rings (SSSR count). The lowest BCUT2D eigenvalue weighted by molar-refractivity contribution is 0.592. The zero-order valence-electron chi connectivity index (χ0n) is 11.0. The number of thiazole rings is 1. The summed E-state index contributed by atoms with van der Waals surface area (Å²) in [6.07, 6.45) is 2.21. The molecule has 0 atom stereocenters. The van der Waals surface area contributed by atoms with Crippen molar-refractivity contribution in [3.05, 3.63) is 35.5 Å². The van der Waals surface area contributed by atoms with Crippen LogP contribution >= 0.6 is 11.3 Å². The predicted molar refractivity (Wildman–Crippen MR) is 80.9 cm³/mol. The van der Waals surface area contributed by atoms with E-state index in [1.807, 2.05) is 31.2 Å². The zero-order chi connectivity index (χ0) is 14.2. The second-order valence-electron chi connectivity index (χ2n) is 4.57. The van der Waals surface area contributed by atoms with Crippen LogP contribution in [-0.4, -0.2) is 26.5 Å². The fourth-order valence-electron chi connectivity index (χ4n) is 2.23. The summed E-state index contributed by atoms with van der Waals surface area (Å²) in [4.78, 5) is 4.05. The molecule has 0 amide bonds. The molecule has 1 aromatic heterocycles. The van der Waals surface area contributed by atoms with Crippen LogP contribution in [0.5, 0.6) is 0 Å². The lowest BCUT2D eigenvalue weighted by atomic mass is 10.2. The Bertz CT molecular complexity index is 725. The van der Waals surface area contributed by atoms with Crippen molar-refractivity contribution in [1.29, 1.82) is 0 Å². The fraction of sp³-hybridized carbons (Fsp3) is 0.308. The molecule has 1 aromatic carbocycles. The van der Waals surface area contributed by atoms with E-state index in [4.69, 9.17) is 0 Å². The number of nitrogens with one attached hydrogen (secondary N) is 1. The number of benzene rings is 1. The zero-order valence-corrected chi connectivity index (χ0v) is 12.7. The van der Waals surface area contributed by atoms with Crippen molar-refractivity contribution in [1.82, 2.24) is 4.98 Å². The summed E-state index contributed by atoms with van der Waals surface area (Å²) in [7, 11) is -3.53. The van der Waals surface area contributed by atoms with Crippen LogP contribution in [0.1, 0.15) is 11.4 Å². The van der Waals surface area contributed by atoms with Crippen LogP contribution in [0.2, 0.25) is 0 Å². The van der Waals surface area contributed by atoms with E-state index >= 15 is 0 Å². The van der Waals surface area contributed by atoms with Gasteiger partial charge in [-0.3, -0.25) is 4.31 Å². The molecule has 106 valence electrons. The average molecular weight is 309 g/mol. The molecule has 7 heteroatoms. The van der Waals surface area contributed by atoms with Crippen molar-refractivity contribution in [3.8, 4) is 0 Å². The lowest BCUT2D eigenvalue weighted by Crippen LogP contribution is -2.31. The van der Waals surface area contributed by atoms with Gasteiger partial charge in [0.1, 0.15) is 0 Å². The van der Waals surface area contributed by atoms with Crippen LogP contribution in [0.25, 0.3) is 0 Å². The summed E-state index contributed by atoms with van der Waals surface area (Å²) >= 11 is 1.21. The van der Waals surface area contributed by atoms with Gasteiger partial charge in [-0.2, -0.15) is 0 Å². The Hall–Kier alpha value is -1.60. The summed E-state index contributed by atoms with van der Waals surface area (Å²) in [6, 6.07) is 7.49. The second-order valence-corrected chi connectivity index (χ2v) is 7.90. The molecule has 1 aliphatic heterocycles. The number of para-hydroxylation sites is 2. The number of hydrogen-bond acceptors (Lipinski definition) is 5. The van der Waals surface area contributed by atoms with Crippen LogP contribution in [0.15, 0.2) is 34.7 Å². The Labute approximate surface area is 122 Å². The highest BCUT2D eigenvalue weighted by Crippen LogP contribution is 2.33. The van der Waals surface area contributed by atoms with Gasteiger partial charge in [0.25, 0.3) is 10.0 Å². The lowest BCUT2D eigenvalue weighted by Gasteiger charge is -2.22. The van der Waals surface area contributed by atoms with Gasteiger partial charge in [0.2, 0.25) is 0 Å². The molecule has 0 bridgehead atoms. The SMILES string of the molecule is Cc1ncc(S(=O)(=O)N2CCCNc3ccccc32)s1. The van der Waals surface area contributed by atoms with Crippen molar-refractivity contribution in [2.45, 2.75) is 17.6 Å². The second kappa shape index (κ2) is 5.06. The summed E-state index contributed by atoms with van der Waals surface area (Å²) < 4.78 is 27.3. The van der Waals surface area contributed by atoms with Gasteiger partial charge < -0.3 is 5.32 Å². The largest absolute Gasteiger partial charge is 0.383 e. The molecule has 20 heavy (non-hydrogen) atoms. The Balaban J connectivity index is 2.09. The third kappa shape index (κ3) is 2.27. The summed E-state index contributed by atoms with van der Waals surface area (Å²) in [6.45, 7) is 3.05. The number of hydrogen-bond donors (Lipinski definition) is 1. The average Bonchev–Trinajstić information content (AvgIpc) is 2.75. The van der Waals surface area contributed by atoms with Gasteiger partial charge in [0.05, 0.1) is 22.6 Å². The number of sulfonamides is 1. The van der Waals surface area contributed by atoms with Crippen LogP contribution in [0.4, 0.5) is 11.4 Å². The van der Waals surface area contributed by atoms with Gasteiger partial charge in [0, 0.05) is 13.1 Å². The van der Waals surface area contributed by atoms with Crippen molar-refractivity contribution in [2.24, 2.45) is 0 Å². The summed E-state index contributed by atoms with van der Waals surface area (Å²) in [5, 5.41) is 4.02. The van der Waals surface area contributed by atoms with Crippen LogP contribution in [0, 0.1) is 6.92 Å². The molecule has 0 fully saturated rings. The van der Waals surface area contributed by atoms with E-state index in [9.17, 15) is 8.42 Å². The first-order chi connectivity index (χ1) is 9.59. The minimum Gasteiger partial charge on any atom is -0.383 e. The first kappa shape index (κ1) is 13.4. The van der Waals surface area contributed by atoms with E-state index in [2.05, 4.69) is 10.3 Å². The topological polar surface area (TPSA) is 62.3 Å². The summed E-state index contributed by atoms with van der Waals surface area (Å²) in [5.74, 6) is 0. The Morgan fingerprint density at radius 2 is 2.15 bits per heavy atom. The highest BCUT2D eigenvalue weighted by molar-refractivity contribution is 7.94. The highest BCUT2D eigenvalue weighted by Gasteiger charge is 2.29. The third-order valence-electron chi connectivity index (χ3n) is 3.17. The summed E-state index contributed by atoms with van der Waals surface area (Å²) in [5.41, 5.74) is 1.56. The number of nitrogens with zero attached hydrogens (tertiary/aromatic N) is 2. The monoisotopic (exact) mass is 309 g/mol. The van der Waals surface area contributed by atoms with Gasteiger partial charge in [-0.05, 0) is 25.5 Å². The van der Waals surface area contributed by atoms with E-state index in [1.54, 1.807) is 0 Å². The molecule has 0 unspecified atom stereocenters. The number of anilines is 2. The highest BCUT2D eigenvalue weighted by atomic mass is 32.2. The van der Waals surface area contributed by atoms with E-state index in [-0.39, 0.29) is 0 Å². The molecule has 0 spiro atoms. The van der Waals surface area contributed by atoms with Gasteiger partial charge in [-0.15, -0.1) is 11.3 Å². The number of fused-ring (bicyclic) bond motifs is 1. The van der Waals surface area contributed by atoms with Crippen molar-refractivity contribution < 1.29 is 8.42 Å². The van der Waals surface area contributed by atoms with Gasteiger partial charge in [0.15, 0.2) is 4.21 Å². The molecular formula is C13H15N3O2S2. The smallest absolute Gasteiger partial charge is 0.275 e. The maximum absolute atomic E-state index is 12.8. The molecule has 1 aliphatic rings. The van der Waals surface area contributed by atoms with E-state index < -0.39 is 10.0 Å². The van der Waals surface area contributed by atoms with E-state index in [1.165, 1.54) is 21.8 Å². The maximum atomic E-state index is 12.8. The third-order valence-corrected chi connectivity index (χ3v) is 6.33. The molecule has 1 N–H and O–H groups in total. The minimum absolute atomic E-state index is 0.298. The van der Waals surface area contributed by atoms with Gasteiger partial charge >= 0.3 is 0 Å². The first-order valence-corrected chi connectivity index (χ1v) is 8.63. The van der Waals surface area contributed by atoms with Crippen LogP contribution < -0.4 is 9.62 Å². The molecule has 2 heterocycles. The van der Waals surface area contributed by atoms with Crippen LogP contribution in [0.3, 0.4) is 0 Å². The van der Waals surface area contributed by atoms with E-state index in [0.717, 1.165) is 23.7 Å². The molecule has 2 aromatic rings. The number of aryl methyl sites for hydroxylation is 1. The molecule has 0 saturated heterocycles. The van der Waals surface area contributed by atoms with Crippen molar-refractivity contribution in [3.63, 3.8) is 0 Å².